The van der Waals surface area contributed by atoms with Crippen LogP contribution in [0.5, 0.6) is 0 Å². The zero-order valence-corrected chi connectivity index (χ0v) is 10.2. The fourth-order valence-electron chi connectivity index (χ4n) is 1.40. The number of hydrogen-bond acceptors (Lipinski definition) is 5. The van der Waals surface area contributed by atoms with Crippen LogP contribution in [-0.4, -0.2) is 27.7 Å². The summed E-state index contributed by atoms with van der Waals surface area (Å²) in [4.78, 5) is 14.4. The molecule has 0 radical (unpaired) electrons. The monoisotopic (exact) mass is 239 g/mol. The minimum atomic E-state index is -0.439. The molecule has 0 aliphatic rings. The van der Waals surface area contributed by atoms with Gasteiger partial charge in [-0.2, -0.15) is 0 Å². The van der Waals surface area contributed by atoms with Crippen LogP contribution in [0.2, 0.25) is 0 Å². The van der Waals surface area contributed by atoms with Gasteiger partial charge in [-0.1, -0.05) is 13.8 Å². The second-order valence-corrected chi connectivity index (χ2v) is 4.29. The molecule has 0 aliphatic heterocycles. The van der Waals surface area contributed by atoms with Crippen LogP contribution >= 0.6 is 0 Å². The van der Waals surface area contributed by atoms with Crippen molar-refractivity contribution < 1.29 is 10.0 Å². The van der Waals surface area contributed by atoms with Gasteiger partial charge in [0.05, 0.1) is 23.6 Å². The van der Waals surface area contributed by atoms with Gasteiger partial charge >= 0.3 is 0 Å². The number of aliphatic hydroxyl groups excluding tert-OH is 1. The molecule has 1 aromatic rings. The number of pyridine rings is 1. The number of nitrogens with zero attached hydrogens (tertiary/aromatic N) is 2. The first kappa shape index (κ1) is 13.4. The van der Waals surface area contributed by atoms with E-state index >= 15 is 0 Å². The highest BCUT2D eigenvalue weighted by molar-refractivity contribution is 5.49. The minimum absolute atomic E-state index is 0.0305. The Labute approximate surface area is 99.8 Å². The number of nitro groups is 1. The molecule has 0 bridgehead atoms. The number of hydrogen-bond donors (Lipinski definition) is 2. The average Bonchev–Trinajstić information content (AvgIpc) is 2.27. The maximum atomic E-state index is 10.8. The van der Waals surface area contributed by atoms with Crippen molar-refractivity contribution in [2.24, 2.45) is 5.92 Å². The molecule has 0 aromatic carbocycles. The van der Waals surface area contributed by atoms with Crippen LogP contribution in [-0.2, 0) is 0 Å². The third-order valence-corrected chi connectivity index (χ3v) is 2.61. The maximum absolute atomic E-state index is 10.8. The van der Waals surface area contributed by atoms with Crippen molar-refractivity contribution in [3.8, 4) is 0 Å². The molecule has 0 spiro atoms. The number of aromatic nitrogens is 1. The Morgan fingerprint density at radius 2 is 2.24 bits per heavy atom. The van der Waals surface area contributed by atoms with Crippen LogP contribution in [0.1, 0.15) is 19.4 Å². The number of rotatable bonds is 5. The van der Waals surface area contributed by atoms with Crippen LogP contribution in [0.25, 0.3) is 0 Å². The summed E-state index contributed by atoms with van der Waals surface area (Å²) in [5, 5.41) is 22.9. The molecule has 0 amide bonds. The van der Waals surface area contributed by atoms with E-state index in [2.05, 4.69) is 10.3 Å². The van der Waals surface area contributed by atoms with Gasteiger partial charge in [-0.3, -0.25) is 10.1 Å². The van der Waals surface area contributed by atoms with E-state index in [1.54, 1.807) is 6.92 Å². The summed E-state index contributed by atoms with van der Waals surface area (Å²) < 4.78 is 0. The lowest BCUT2D eigenvalue weighted by Gasteiger charge is -2.20. The largest absolute Gasteiger partial charge is 0.394 e. The van der Waals surface area contributed by atoms with Gasteiger partial charge in [0.2, 0.25) is 0 Å². The highest BCUT2D eigenvalue weighted by Gasteiger charge is 2.16. The van der Waals surface area contributed by atoms with Crippen molar-refractivity contribution in [3.63, 3.8) is 0 Å². The molecule has 1 rings (SSSR count). The van der Waals surface area contributed by atoms with Gasteiger partial charge in [0.15, 0.2) is 0 Å². The third kappa shape index (κ3) is 3.39. The van der Waals surface area contributed by atoms with Gasteiger partial charge < -0.3 is 10.4 Å². The topological polar surface area (TPSA) is 88.3 Å². The summed E-state index contributed by atoms with van der Waals surface area (Å²) in [6.45, 7) is 5.51. The van der Waals surface area contributed by atoms with Gasteiger partial charge in [-0.25, -0.2) is 4.98 Å². The Hall–Kier alpha value is -1.69. The number of aryl methyl sites for hydroxylation is 1. The van der Waals surface area contributed by atoms with E-state index in [1.807, 2.05) is 13.8 Å². The first-order chi connectivity index (χ1) is 7.95. The fraction of sp³-hybridized carbons (Fsp3) is 0.545. The van der Waals surface area contributed by atoms with E-state index in [4.69, 9.17) is 5.11 Å². The Bertz CT molecular complexity index is 407. The summed E-state index contributed by atoms with van der Waals surface area (Å²) in [5.74, 6) is 0.622. The van der Waals surface area contributed by atoms with Crippen molar-refractivity contribution in [1.82, 2.24) is 4.98 Å². The van der Waals surface area contributed by atoms with Crippen LogP contribution in [0.3, 0.4) is 0 Å². The summed E-state index contributed by atoms with van der Waals surface area (Å²) in [6.07, 6.45) is 1.45. The van der Waals surface area contributed by atoms with Crippen LogP contribution in [0.15, 0.2) is 12.3 Å². The minimum Gasteiger partial charge on any atom is -0.394 e. The Morgan fingerprint density at radius 1 is 1.59 bits per heavy atom. The quantitative estimate of drug-likeness (QED) is 0.603. The van der Waals surface area contributed by atoms with Crippen molar-refractivity contribution in [1.29, 1.82) is 0 Å². The van der Waals surface area contributed by atoms with Crippen LogP contribution in [0.4, 0.5) is 11.5 Å². The van der Waals surface area contributed by atoms with Crippen LogP contribution < -0.4 is 5.32 Å². The SMILES string of the molecule is Cc1cnc(N[C@H](CO)C(C)C)cc1[N+](=O)[O-]. The summed E-state index contributed by atoms with van der Waals surface area (Å²) in [6, 6.07) is 1.23. The molecular formula is C11H17N3O3. The zero-order chi connectivity index (χ0) is 13.0. The van der Waals surface area contributed by atoms with Gasteiger partial charge in [-0.05, 0) is 12.8 Å². The van der Waals surface area contributed by atoms with Crippen LogP contribution in [0, 0.1) is 23.0 Å². The van der Waals surface area contributed by atoms with E-state index < -0.39 is 4.92 Å². The lowest BCUT2D eigenvalue weighted by molar-refractivity contribution is -0.385. The lowest BCUT2D eigenvalue weighted by atomic mass is 10.1. The molecule has 6 heteroatoms. The molecule has 6 nitrogen and oxygen atoms in total. The summed E-state index contributed by atoms with van der Waals surface area (Å²) >= 11 is 0. The first-order valence-corrected chi connectivity index (χ1v) is 5.44. The Kier molecular flexibility index (Phi) is 4.39. The second kappa shape index (κ2) is 5.58. The molecule has 94 valence electrons. The molecule has 0 unspecified atom stereocenters. The third-order valence-electron chi connectivity index (χ3n) is 2.61. The van der Waals surface area contributed by atoms with E-state index in [0.717, 1.165) is 0 Å². The van der Waals surface area contributed by atoms with Gasteiger partial charge in [0.1, 0.15) is 5.82 Å². The first-order valence-electron chi connectivity index (χ1n) is 5.44. The molecule has 2 N–H and O–H groups in total. The van der Waals surface area contributed by atoms with Gasteiger partial charge in [-0.15, -0.1) is 0 Å². The average molecular weight is 239 g/mol. The molecular weight excluding hydrogens is 222 g/mol. The van der Waals surface area contributed by atoms with Gasteiger partial charge in [0, 0.05) is 11.8 Å². The highest BCUT2D eigenvalue weighted by atomic mass is 16.6. The molecule has 17 heavy (non-hydrogen) atoms. The van der Waals surface area contributed by atoms with Gasteiger partial charge in [0.25, 0.3) is 5.69 Å². The van der Waals surface area contributed by atoms with E-state index in [1.165, 1.54) is 12.3 Å². The molecule has 1 atom stereocenters. The molecule has 0 saturated heterocycles. The summed E-state index contributed by atoms with van der Waals surface area (Å²) in [5.41, 5.74) is 0.550. The van der Waals surface area contributed by atoms with E-state index in [0.29, 0.717) is 11.4 Å². The van der Waals surface area contributed by atoms with Crippen molar-refractivity contribution >= 4 is 11.5 Å². The molecule has 0 saturated carbocycles. The number of anilines is 1. The molecule has 0 aliphatic carbocycles. The predicted octanol–water partition coefficient (Wildman–Crippen LogP) is 1.73. The van der Waals surface area contributed by atoms with Crippen molar-refractivity contribution in [3.05, 3.63) is 27.9 Å². The predicted molar refractivity (Wildman–Crippen MR) is 65.0 cm³/mol. The second-order valence-electron chi connectivity index (χ2n) is 4.29. The maximum Gasteiger partial charge on any atom is 0.277 e. The lowest BCUT2D eigenvalue weighted by Crippen LogP contribution is -2.29. The number of nitrogens with one attached hydrogen (secondary N) is 1. The molecule has 0 fully saturated rings. The van der Waals surface area contributed by atoms with Crippen molar-refractivity contribution in [2.45, 2.75) is 26.8 Å². The van der Waals surface area contributed by atoms with E-state index in [9.17, 15) is 10.1 Å². The van der Waals surface area contributed by atoms with Crippen molar-refractivity contribution in [2.75, 3.05) is 11.9 Å². The number of aliphatic hydroxyl groups is 1. The molecule has 1 heterocycles. The normalized spacial score (nSPS) is 12.5. The molecule has 1 aromatic heterocycles. The smallest absolute Gasteiger partial charge is 0.277 e. The standard InChI is InChI=1S/C11H17N3O3/c1-7(2)9(6-15)13-11-4-10(14(16)17)8(3)5-12-11/h4-5,7,9,15H,6H2,1-3H3,(H,12,13)/t9-/m1/s1. The fourth-order valence-corrected chi connectivity index (χ4v) is 1.40. The van der Waals surface area contributed by atoms with E-state index in [-0.39, 0.29) is 24.3 Å². The Balaban J connectivity index is 2.92. The Morgan fingerprint density at radius 3 is 2.71 bits per heavy atom. The highest BCUT2D eigenvalue weighted by Crippen LogP contribution is 2.21. The zero-order valence-electron chi connectivity index (χ0n) is 10.2. The summed E-state index contributed by atoms with van der Waals surface area (Å²) in [7, 11) is 0.